The molecule has 3 aromatic carbocycles. The van der Waals surface area contributed by atoms with Gasteiger partial charge in [-0.15, -0.1) is 0 Å². The number of likely N-dealkylation sites (N-methyl/N-ethyl adjacent to an activating group) is 1. The van der Waals surface area contributed by atoms with Crippen LogP contribution in [0.15, 0.2) is 93.3 Å². The molecule has 0 heterocycles. The summed E-state index contributed by atoms with van der Waals surface area (Å²) in [4.78, 5) is 39.1. The van der Waals surface area contributed by atoms with Gasteiger partial charge in [0, 0.05) is 24.4 Å². The Labute approximate surface area is 371 Å². The van der Waals surface area contributed by atoms with E-state index in [0.29, 0.717) is 48.7 Å². The minimum absolute atomic E-state index is 0.00288. The molecule has 12 heteroatoms. The number of nitrogens with zero attached hydrogens (tertiary/aromatic N) is 6. The summed E-state index contributed by atoms with van der Waals surface area (Å²) in [6, 6.07) is 20.6. The standard InChI is InChI=1S/C50H74N6O6/c1-7-10-11-12-13-14-15-16-17-18-19-20-21-22-23-24-38-61-48(58)50(6,8-2)40-49(4,5)47(57)62-39-37-55(9-3)45-33-29-43(30-34-45)53-51-41-25-27-42(28-26-41)52-54-44-31-35-46(36-32-44)56(59)60/h25-36H,7-24,37-40H2,1-6H3/b53-51+,54-52+. The van der Waals surface area contributed by atoms with Crippen LogP contribution < -0.4 is 4.90 Å². The van der Waals surface area contributed by atoms with Crippen molar-refractivity contribution in [3.63, 3.8) is 0 Å². The number of azo groups is 2. The second kappa shape index (κ2) is 28.6. The molecule has 0 spiro atoms. The van der Waals surface area contributed by atoms with Gasteiger partial charge in [-0.05, 0) is 108 Å². The Morgan fingerprint density at radius 2 is 0.952 bits per heavy atom. The van der Waals surface area contributed by atoms with Gasteiger partial charge in [0.25, 0.3) is 5.69 Å². The first-order chi connectivity index (χ1) is 29.9. The van der Waals surface area contributed by atoms with E-state index in [9.17, 15) is 19.7 Å². The number of hydrogen-bond donors (Lipinski definition) is 0. The lowest BCUT2D eigenvalue weighted by atomic mass is 9.72. The summed E-state index contributed by atoms with van der Waals surface area (Å²) in [5.41, 5.74) is 1.77. The highest BCUT2D eigenvalue weighted by Gasteiger charge is 2.43. The van der Waals surface area contributed by atoms with E-state index in [1.807, 2.05) is 58.9 Å². The van der Waals surface area contributed by atoms with E-state index in [2.05, 4.69) is 32.3 Å². The number of nitro groups is 1. The van der Waals surface area contributed by atoms with Crippen molar-refractivity contribution in [2.75, 3.05) is 31.2 Å². The van der Waals surface area contributed by atoms with Crippen LogP contribution in [0, 0.1) is 20.9 Å². The number of unbranched alkanes of at least 4 members (excludes halogenated alkanes) is 15. The second-order valence-electron chi connectivity index (χ2n) is 17.3. The summed E-state index contributed by atoms with van der Waals surface area (Å²) in [6.45, 7) is 13.8. The van der Waals surface area contributed by atoms with Crippen molar-refractivity contribution in [1.82, 2.24) is 0 Å². The van der Waals surface area contributed by atoms with Gasteiger partial charge in [-0.25, -0.2) is 0 Å². The SMILES string of the molecule is CCCCCCCCCCCCCCCCCCOC(=O)C(C)(CC)CC(C)(C)C(=O)OCCN(CC)c1ccc(/N=N/c2ccc(/N=N/c3ccc([N+](=O)[O-])cc3)cc2)cc1. The first-order valence-corrected chi connectivity index (χ1v) is 23.3. The van der Waals surface area contributed by atoms with Crippen LogP contribution in [0.4, 0.5) is 34.1 Å². The van der Waals surface area contributed by atoms with Crippen LogP contribution in [-0.4, -0.2) is 43.2 Å². The third-order valence-corrected chi connectivity index (χ3v) is 11.6. The van der Waals surface area contributed by atoms with E-state index in [1.165, 1.54) is 102 Å². The first kappa shape index (κ1) is 51.4. The van der Waals surface area contributed by atoms with E-state index in [-0.39, 0.29) is 24.2 Å². The molecule has 0 saturated carbocycles. The molecule has 1 atom stereocenters. The van der Waals surface area contributed by atoms with Crippen LogP contribution in [0.1, 0.15) is 157 Å². The molecule has 0 aliphatic carbocycles. The summed E-state index contributed by atoms with van der Waals surface area (Å²) < 4.78 is 11.6. The molecule has 0 bridgehead atoms. The minimum atomic E-state index is -0.860. The number of esters is 2. The van der Waals surface area contributed by atoms with E-state index >= 15 is 0 Å². The van der Waals surface area contributed by atoms with Crippen molar-refractivity contribution >= 4 is 46.1 Å². The highest BCUT2D eigenvalue weighted by atomic mass is 16.6. The molecule has 0 saturated heterocycles. The molecular formula is C50H74N6O6. The summed E-state index contributed by atoms with van der Waals surface area (Å²) in [5, 5.41) is 27.8. The molecule has 0 aliphatic rings. The van der Waals surface area contributed by atoms with Crippen molar-refractivity contribution in [3.8, 4) is 0 Å². The molecule has 0 radical (unpaired) electrons. The average molecular weight is 855 g/mol. The second-order valence-corrected chi connectivity index (χ2v) is 17.3. The molecule has 340 valence electrons. The quantitative estimate of drug-likeness (QED) is 0.0199. The molecule has 0 aromatic heterocycles. The Morgan fingerprint density at radius 1 is 0.565 bits per heavy atom. The van der Waals surface area contributed by atoms with Crippen molar-refractivity contribution in [2.45, 2.75) is 157 Å². The molecule has 0 amide bonds. The van der Waals surface area contributed by atoms with Crippen LogP contribution in [0.2, 0.25) is 0 Å². The maximum absolute atomic E-state index is 13.3. The fourth-order valence-electron chi connectivity index (χ4n) is 7.48. The normalized spacial score (nSPS) is 12.7. The highest BCUT2D eigenvalue weighted by Crippen LogP contribution is 2.39. The monoisotopic (exact) mass is 855 g/mol. The van der Waals surface area contributed by atoms with Crippen LogP contribution in [0.3, 0.4) is 0 Å². The van der Waals surface area contributed by atoms with Gasteiger partial charge >= 0.3 is 11.9 Å². The lowest BCUT2D eigenvalue weighted by Gasteiger charge is -2.34. The summed E-state index contributed by atoms with van der Waals surface area (Å²) in [7, 11) is 0. The number of anilines is 1. The molecule has 1 unspecified atom stereocenters. The number of carbonyl (C=O) groups excluding carboxylic acids is 2. The number of benzene rings is 3. The number of rotatable bonds is 32. The number of ether oxygens (including phenoxy) is 2. The van der Waals surface area contributed by atoms with E-state index < -0.39 is 15.8 Å². The van der Waals surface area contributed by atoms with Crippen molar-refractivity contribution < 1.29 is 24.0 Å². The lowest BCUT2D eigenvalue weighted by Crippen LogP contribution is -2.39. The Kier molecular flexibility index (Phi) is 23.7. The third-order valence-electron chi connectivity index (χ3n) is 11.6. The fraction of sp³-hybridized carbons (Fsp3) is 0.600. The highest BCUT2D eigenvalue weighted by molar-refractivity contribution is 5.80. The van der Waals surface area contributed by atoms with Crippen molar-refractivity contribution in [1.29, 1.82) is 0 Å². The van der Waals surface area contributed by atoms with Gasteiger partial charge in [-0.3, -0.25) is 19.7 Å². The molecule has 0 N–H and O–H groups in total. The van der Waals surface area contributed by atoms with Gasteiger partial charge in [0.2, 0.25) is 0 Å². The van der Waals surface area contributed by atoms with Crippen LogP contribution in [-0.2, 0) is 19.1 Å². The topological polar surface area (TPSA) is 148 Å². The van der Waals surface area contributed by atoms with Crippen LogP contribution in [0.5, 0.6) is 0 Å². The molecular weight excluding hydrogens is 781 g/mol. The maximum atomic E-state index is 13.3. The van der Waals surface area contributed by atoms with Crippen molar-refractivity contribution in [2.24, 2.45) is 31.3 Å². The molecule has 3 rings (SSSR count). The fourth-order valence-corrected chi connectivity index (χ4v) is 7.48. The van der Waals surface area contributed by atoms with Crippen LogP contribution >= 0.6 is 0 Å². The Morgan fingerprint density at radius 3 is 1.35 bits per heavy atom. The van der Waals surface area contributed by atoms with E-state index in [0.717, 1.165) is 25.1 Å². The zero-order chi connectivity index (χ0) is 45.1. The average Bonchev–Trinajstić information content (AvgIpc) is 3.27. The molecule has 0 fully saturated rings. The first-order valence-electron chi connectivity index (χ1n) is 23.3. The number of hydrogen-bond acceptors (Lipinski definition) is 11. The minimum Gasteiger partial charge on any atom is -0.465 e. The van der Waals surface area contributed by atoms with Gasteiger partial charge in [0.15, 0.2) is 0 Å². The zero-order valence-electron chi connectivity index (χ0n) is 38.6. The molecule has 62 heavy (non-hydrogen) atoms. The number of nitro benzene ring substituents is 1. The Hall–Kier alpha value is -5.00. The van der Waals surface area contributed by atoms with E-state index in [4.69, 9.17) is 9.47 Å². The Balaban J connectivity index is 1.33. The third kappa shape index (κ3) is 19.4. The van der Waals surface area contributed by atoms with Gasteiger partial charge in [0.05, 0.1) is 51.7 Å². The predicted octanol–water partition coefficient (Wildman–Crippen LogP) is 15.4. The molecule has 0 aliphatic heterocycles. The lowest BCUT2D eigenvalue weighted by molar-refractivity contribution is -0.384. The van der Waals surface area contributed by atoms with Gasteiger partial charge < -0.3 is 14.4 Å². The molecule has 12 nitrogen and oxygen atoms in total. The van der Waals surface area contributed by atoms with Gasteiger partial charge in [-0.1, -0.05) is 110 Å². The summed E-state index contributed by atoms with van der Waals surface area (Å²) in [5.74, 6) is -0.559. The smallest absolute Gasteiger partial charge is 0.311 e. The Bertz CT molecular complexity index is 1800. The zero-order valence-corrected chi connectivity index (χ0v) is 38.6. The predicted molar refractivity (Wildman–Crippen MR) is 250 cm³/mol. The maximum Gasteiger partial charge on any atom is 0.311 e. The summed E-state index contributed by atoms with van der Waals surface area (Å²) in [6.07, 6.45) is 21.7. The number of carbonyl (C=O) groups is 2. The number of non-ortho nitro benzene ring substituents is 1. The largest absolute Gasteiger partial charge is 0.465 e. The van der Waals surface area contributed by atoms with Gasteiger partial charge in [0.1, 0.15) is 6.61 Å². The summed E-state index contributed by atoms with van der Waals surface area (Å²) >= 11 is 0. The van der Waals surface area contributed by atoms with Gasteiger partial charge in [-0.2, -0.15) is 20.5 Å². The molecule has 3 aromatic rings. The van der Waals surface area contributed by atoms with Crippen molar-refractivity contribution in [3.05, 3.63) is 82.9 Å². The van der Waals surface area contributed by atoms with E-state index in [1.54, 1.807) is 36.4 Å². The van der Waals surface area contributed by atoms with Crippen LogP contribution in [0.25, 0.3) is 0 Å².